The summed E-state index contributed by atoms with van der Waals surface area (Å²) in [6.07, 6.45) is 5.74. The molecule has 1 spiro atoms. The Morgan fingerprint density at radius 1 is 1.25 bits per heavy atom. The van der Waals surface area contributed by atoms with Crippen molar-refractivity contribution in [1.29, 1.82) is 0 Å². The molecule has 2 fully saturated rings. The predicted molar refractivity (Wildman–Crippen MR) is 93.8 cm³/mol. The minimum Gasteiger partial charge on any atom is -0.353 e. The van der Waals surface area contributed by atoms with Crippen molar-refractivity contribution in [3.05, 3.63) is 0 Å². The Morgan fingerprint density at radius 3 is 2.38 bits per heavy atom. The maximum atomic E-state index is 12.6. The van der Waals surface area contributed by atoms with Gasteiger partial charge in [0.2, 0.25) is 5.91 Å². The molecule has 0 aromatic carbocycles. The van der Waals surface area contributed by atoms with E-state index in [9.17, 15) is 14.4 Å². The molecule has 1 aliphatic heterocycles. The molecular formula is C16H29ClN4O3. The quantitative estimate of drug-likeness (QED) is 0.621. The zero-order valence-electron chi connectivity index (χ0n) is 14.5. The minimum absolute atomic E-state index is 0. The lowest BCUT2D eigenvalue weighted by atomic mass is 9.82. The molecule has 2 aliphatic rings. The molecule has 0 atom stereocenters. The molecule has 138 valence electrons. The number of nitrogens with two attached hydrogens (primary N) is 1. The van der Waals surface area contributed by atoms with E-state index in [0.717, 1.165) is 37.0 Å². The van der Waals surface area contributed by atoms with Crippen molar-refractivity contribution in [2.75, 3.05) is 13.1 Å². The second kappa shape index (κ2) is 8.16. The lowest BCUT2D eigenvalue weighted by Gasteiger charge is -2.30. The summed E-state index contributed by atoms with van der Waals surface area (Å²) in [6.45, 7) is 4.05. The highest BCUT2D eigenvalue weighted by Crippen LogP contribution is 2.33. The molecule has 0 aromatic rings. The lowest BCUT2D eigenvalue weighted by Crippen LogP contribution is -2.52. The maximum absolute atomic E-state index is 12.6. The molecule has 1 aliphatic carbocycles. The Labute approximate surface area is 149 Å². The third-order valence-corrected chi connectivity index (χ3v) is 5.30. The molecule has 0 bridgehead atoms. The van der Waals surface area contributed by atoms with Gasteiger partial charge in [-0.3, -0.25) is 14.5 Å². The van der Waals surface area contributed by atoms with E-state index >= 15 is 0 Å². The van der Waals surface area contributed by atoms with E-state index in [0.29, 0.717) is 19.4 Å². The molecule has 4 amide bonds. The normalized spacial score (nSPS) is 19.9. The first-order chi connectivity index (χ1) is 10.9. The highest BCUT2D eigenvalue weighted by molar-refractivity contribution is 6.09. The second-order valence-electron chi connectivity index (χ2n) is 6.81. The summed E-state index contributed by atoms with van der Waals surface area (Å²) in [6, 6.07) is -0.461. The fourth-order valence-electron chi connectivity index (χ4n) is 3.29. The predicted octanol–water partition coefficient (Wildman–Crippen LogP) is 1.30. The zero-order chi connectivity index (χ0) is 17.1. The molecule has 7 nitrogen and oxygen atoms in total. The minimum atomic E-state index is -0.778. The van der Waals surface area contributed by atoms with Crippen LogP contribution in [0.5, 0.6) is 0 Å². The molecule has 0 unspecified atom stereocenters. The van der Waals surface area contributed by atoms with E-state index in [1.807, 2.05) is 13.8 Å². The molecule has 2 rings (SSSR count). The number of rotatable bonds is 6. The second-order valence-corrected chi connectivity index (χ2v) is 6.81. The first kappa shape index (κ1) is 20.7. The number of imide groups is 1. The summed E-state index contributed by atoms with van der Waals surface area (Å²) in [5.41, 5.74) is 4.92. The number of hydrogen-bond donors (Lipinski definition) is 3. The van der Waals surface area contributed by atoms with Crippen LogP contribution in [0.2, 0.25) is 0 Å². The average Bonchev–Trinajstić information content (AvgIpc) is 2.77. The van der Waals surface area contributed by atoms with Gasteiger partial charge in [0.1, 0.15) is 12.1 Å². The molecule has 8 heteroatoms. The fourth-order valence-corrected chi connectivity index (χ4v) is 3.29. The van der Waals surface area contributed by atoms with E-state index in [4.69, 9.17) is 5.73 Å². The van der Waals surface area contributed by atoms with Gasteiger partial charge in [0.05, 0.1) is 0 Å². The Balaban J connectivity index is 0.00000288. The van der Waals surface area contributed by atoms with Gasteiger partial charge in [-0.2, -0.15) is 0 Å². The largest absolute Gasteiger partial charge is 0.353 e. The highest BCUT2D eigenvalue weighted by Gasteiger charge is 2.51. The van der Waals surface area contributed by atoms with Gasteiger partial charge in [-0.05, 0) is 25.7 Å². The van der Waals surface area contributed by atoms with E-state index in [2.05, 4.69) is 10.6 Å². The molecule has 1 heterocycles. The zero-order valence-corrected chi connectivity index (χ0v) is 15.3. The smallest absolute Gasteiger partial charge is 0.325 e. The SMILES string of the molecule is CCC(N)(CC)CNC(=O)CN1C(=O)NC2(CCCCC2)C1=O.Cl. The Morgan fingerprint density at radius 2 is 1.83 bits per heavy atom. The molecule has 0 radical (unpaired) electrons. The van der Waals surface area contributed by atoms with Crippen LogP contribution >= 0.6 is 12.4 Å². The lowest BCUT2D eigenvalue weighted by molar-refractivity contribution is -0.135. The number of amides is 4. The first-order valence-corrected chi connectivity index (χ1v) is 8.55. The maximum Gasteiger partial charge on any atom is 0.325 e. The van der Waals surface area contributed by atoms with Crippen LogP contribution in [-0.2, 0) is 9.59 Å². The van der Waals surface area contributed by atoms with Crippen LogP contribution in [-0.4, -0.2) is 46.9 Å². The number of carbonyl (C=O) groups is 3. The van der Waals surface area contributed by atoms with Crippen molar-refractivity contribution in [2.24, 2.45) is 5.73 Å². The summed E-state index contributed by atoms with van der Waals surface area (Å²) in [5, 5.41) is 5.55. The van der Waals surface area contributed by atoms with E-state index in [1.165, 1.54) is 0 Å². The van der Waals surface area contributed by atoms with Crippen LogP contribution < -0.4 is 16.4 Å². The molecule has 24 heavy (non-hydrogen) atoms. The Kier molecular flexibility index (Phi) is 7.04. The molecule has 0 aromatic heterocycles. The van der Waals surface area contributed by atoms with Gasteiger partial charge in [-0.25, -0.2) is 4.79 Å². The van der Waals surface area contributed by atoms with Gasteiger partial charge in [0.15, 0.2) is 0 Å². The summed E-state index contributed by atoms with van der Waals surface area (Å²) < 4.78 is 0. The first-order valence-electron chi connectivity index (χ1n) is 8.55. The third kappa shape index (κ3) is 4.19. The van der Waals surface area contributed by atoms with Crippen LogP contribution in [0, 0.1) is 0 Å². The van der Waals surface area contributed by atoms with Crippen molar-refractivity contribution in [1.82, 2.24) is 15.5 Å². The summed E-state index contributed by atoms with van der Waals surface area (Å²) in [4.78, 5) is 37.8. The van der Waals surface area contributed by atoms with Gasteiger partial charge in [-0.1, -0.05) is 33.1 Å². The molecule has 4 N–H and O–H groups in total. The van der Waals surface area contributed by atoms with Crippen LogP contribution in [0.1, 0.15) is 58.8 Å². The van der Waals surface area contributed by atoms with Gasteiger partial charge < -0.3 is 16.4 Å². The fraction of sp³-hybridized carbons (Fsp3) is 0.812. The summed E-state index contributed by atoms with van der Waals surface area (Å²) in [7, 11) is 0. The number of nitrogens with zero attached hydrogens (tertiary/aromatic N) is 1. The van der Waals surface area contributed by atoms with Crippen molar-refractivity contribution in [3.8, 4) is 0 Å². The van der Waals surface area contributed by atoms with Crippen molar-refractivity contribution < 1.29 is 14.4 Å². The number of halogens is 1. The van der Waals surface area contributed by atoms with Gasteiger partial charge >= 0.3 is 6.03 Å². The Bertz CT molecular complexity index is 488. The average molecular weight is 361 g/mol. The van der Waals surface area contributed by atoms with Crippen LogP contribution in [0.3, 0.4) is 0 Å². The van der Waals surface area contributed by atoms with Crippen molar-refractivity contribution >= 4 is 30.3 Å². The van der Waals surface area contributed by atoms with E-state index in [1.54, 1.807) is 0 Å². The highest BCUT2D eigenvalue weighted by atomic mass is 35.5. The number of carbonyl (C=O) groups excluding carboxylic acids is 3. The summed E-state index contributed by atoms with van der Waals surface area (Å²) in [5.74, 6) is -0.611. The van der Waals surface area contributed by atoms with Crippen LogP contribution in [0.15, 0.2) is 0 Å². The monoisotopic (exact) mass is 360 g/mol. The standard InChI is InChI=1S/C16H28N4O3.ClH/c1-3-15(17,4-2)11-18-12(21)10-20-13(22)16(19-14(20)23)8-6-5-7-9-16;/h3-11,17H2,1-2H3,(H,18,21)(H,19,23);1H. The molecule has 1 saturated carbocycles. The van der Waals surface area contributed by atoms with Crippen LogP contribution in [0.25, 0.3) is 0 Å². The Hall–Kier alpha value is -1.34. The van der Waals surface area contributed by atoms with E-state index < -0.39 is 17.1 Å². The number of urea groups is 1. The number of nitrogens with one attached hydrogen (secondary N) is 2. The van der Waals surface area contributed by atoms with E-state index in [-0.39, 0.29) is 30.8 Å². The topological polar surface area (TPSA) is 105 Å². The van der Waals surface area contributed by atoms with Gasteiger partial charge in [0.25, 0.3) is 5.91 Å². The summed E-state index contributed by atoms with van der Waals surface area (Å²) >= 11 is 0. The van der Waals surface area contributed by atoms with Gasteiger partial charge in [-0.15, -0.1) is 12.4 Å². The van der Waals surface area contributed by atoms with Crippen LogP contribution in [0.4, 0.5) is 4.79 Å². The third-order valence-electron chi connectivity index (χ3n) is 5.30. The van der Waals surface area contributed by atoms with Crippen molar-refractivity contribution in [2.45, 2.75) is 69.9 Å². The van der Waals surface area contributed by atoms with Crippen molar-refractivity contribution in [3.63, 3.8) is 0 Å². The molecular weight excluding hydrogens is 332 g/mol. The number of hydrogen-bond acceptors (Lipinski definition) is 4. The molecule has 1 saturated heterocycles. The van der Waals surface area contributed by atoms with Gasteiger partial charge in [0, 0.05) is 12.1 Å².